The van der Waals surface area contributed by atoms with Crippen LogP contribution in [0.1, 0.15) is 6.92 Å². The third kappa shape index (κ3) is 1.09. The summed E-state index contributed by atoms with van der Waals surface area (Å²) in [7, 11) is 0. The first kappa shape index (κ1) is 6.66. The van der Waals surface area contributed by atoms with Gasteiger partial charge in [0.05, 0.1) is 6.54 Å². The summed E-state index contributed by atoms with van der Waals surface area (Å²) in [4.78, 5) is 12.8. The summed E-state index contributed by atoms with van der Waals surface area (Å²) in [5.41, 5.74) is 0. The minimum atomic E-state index is -0.619. The van der Waals surface area contributed by atoms with Gasteiger partial charge in [0, 0.05) is 5.10 Å². The van der Waals surface area contributed by atoms with E-state index in [-0.39, 0.29) is 5.95 Å². The number of nitro groups is 1. The predicted molar refractivity (Wildman–Crippen MR) is 32.4 cm³/mol. The zero-order chi connectivity index (χ0) is 7.56. The van der Waals surface area contributed by atoms with Crippen molar-refractivity contribution in [2.24, 2.45) is 0 Å². The van der Waals surface area contributed by atoms with E-state index in [0.29, 0.717) is 6.54 Å². The highest BCUT2D eigenvalue weighted by atomic mass is 16.6. The van der Waals surface area contributed by atoms with Crippen LogP contribution in [0.2, 0.25) is 0 Å². The zero-order valence-electron chi connectivity index (χ0n) is 5.39. The predicted octanol–water partition coefficient (Wildman–Crippen LogP) is 0.206. The van der Waals surface area contributed by atoms with E-state index in [1.807, 2.05) is 6.92 Å². The highest BCUT2D eigenvalue weighted by molar-refractivity contribution is 4.96. The van der Waals surface area contributed by atoms with Crippen molar-refractivity contribution < 1.29 is 4.92 Å². The molecule has 0 radical (unpaired) electrons. The van der Waals surface area contributed by atoms with Crippen LogP contribution in [0, 0.1) is 10.1 Å². The molecule has 54 valence electrons. The van der Waals surface area contributed by atoms with E-state index in [9.17, 15) is 10.1 Å². The summed E-state index contributed by atoms with van der Waals surface area (Å²) in [5.74, 6) is -0.346. The maximum atomic E-state index is 10.00. The standard InChI is InChI=1S/C4H6N4O2/c1-2-7-3-5-4(6-7)8(9)10/h3H,2H2,1H3. The molecule has 0 atom stereocenters. The van der Waals surface area contributed by atoms with Crippen LogP contribution in [0.15, 0.2) is 6.33 Å². The zero-order valence-corrected chi connectivity index (χ0v) is 5.39. The van der Waals surface area contributed by atoms with E-state index in [0.717, 1.165) is 0 Å². The third-order valence-electron chi connectivity index (χ3n) is 1.01. The Morgan fingerprint density at radius 3 is 2.90 bits per heavy atom. The minimum absolute atomic E-state index is 0.346. The third-order valence-corrected chi connectivity index (χ3v) is 1.01. The van der Waals surface area contributed by atoms with E-state index >= 15 is 0 Å². The maximum absolute atomic E-state index is 10.00. The van der Waals surface area contributed by atoms with Gasteiger partial charge in [-0.3, -0.25) is 0 Å². The van der Waals surface area contributed by atoms with Crippen molar-refractivity contribution in [2.75, 3.05) is 0 Å². The highest BCUT2D eigenvalue weighted by Crippen LogP contribution is 1.98. The minimum Gasteiger partial charge on any atom is -0.390 e. The molecule has 1 heterocycles. The van der Waals surface area contributed by atoms with Crippen LogP contribution in [0.5, 0.6) is 0 Å². The Morgan fingerprint density at radius 2 is 2.60 bits per heavy atom. The molecule has 0 aromatic carbocycles. The van der Waals surface area contributed by atoms with E-state index in [4.69, 9.17) is 0 Å². The molecule has 0 aliphatic heterocycles. The van der Waals surface area contributed by atoms with Crippen molar-refractivity contribution in [3.8, 4) is 0 Å². The summed E-state index contributed by atoms with van der Waals surface area (Å²) in [5, 5.41) is 13.5. The second-order valence-corrected chi connectivity index (χ2v) is 1.66. The molecule has 1 rings (SSSR count). The van der Waals surface area contributed by atoms with Crippen LogP contribution in [0.3, 0.4) is 0 Å². The Hall–Kier alpha value is -1.46. The number of hydrogen-bond donors (Lipinski definition) is 0. The van der Waals surface area contributed by atoms with Gasteiger partial charge in [0.1, 0.15) is 0 Å². The Bertz CT molecular complexity index is 243. The van der Waals surface area contributed by atoms with Crippen molar-refractivity contribution in [3.63, 3.8) is 0 Å². The van der Waals surface area contributed by atoms with Crippen molar-refractivity contribution in [2.45, 2.75) is 13.5 Å². The van der Waals surface area contributed by atoms with Gasteiger partial charge in [-0.25, -0.2) is 0 Å². The number of hydrogen-bond acceptors (Lipinski definition) is 4. The summed E-state index contributed by atoms with van der Waals surface area (Å²) in [6.07, 6.45) is 1.33. The van der Waals surface area contributed by atoms with Gasteiger partial charge in [0.25, 0.3) is 0 Å². The van der Waals surface area contributed by atoms with Crippen LogP contribution in [-0.4, -0.2) is 19.7 Å². The van der Waals surface area contributed by atoms with Crippen LogP contribution < -0.4 is 0 Å². The number of nitrogens with zero attached hydrogens (tertiary/aromatic N) is 4. The molecule has 1 aromatic rings. The summed E-state index contributed by atoms with van der Waals surface area (Å²) < 4.78 is 1.40. The average molecular weight is 142 g/mol. The van der Waals surface area contributed by atoms with Crippen molar-refractivity contribution in [1.29, 1.82) is 0 Å². The second kappa shape index (κ2) is 2.42. The van der Waals surface area contributed by atoms with Gasteiger partial charge in [-0.05, 0) is 11.8 Å². The molecule has 10 heavy (non-hydrogen) atoms. The molecular formula is C4H6N4O2. The van der Waals surface area contributed by atoms with Crippen molar-refractivity contribution in [3.05, 3.63) is 16.4 Å². The van der Waals surface area contributed by atoms with Gasteiger partial charge < -0.3 is 10.1 Å². The Labute approximate surface area is 56.6 Å². The Balaban J connectivity index is 2.88. The van der Waals surface area contributed by atoms with E-state index in [2.05, 4.69) is 10.1 Å². The number of rotatable bonds is 2. The molecule has 0 spiro atoms. The van der Waals surface area contributed by atoms with Gasteiger partial charge in [0.15, 0.2) is 0 Å². The molecule has 0 saturated heterocycles. The fraction of sp³-hybridized carbons (Fsp3) is 0.500. The molecule has 0 aliphatic carbocycles. The fourth-order valence-electron chi connectivity index (χ4n) is 0.521. The molecule has 1 aromatic heterocycles. The van der Waals surface area contributed by atoms with Crippen LogP contribution >= 0.6 is 0 Å². The van der Waals surface area contributed by atoms with E-state index in [1.54, 1.807) is 0 Å². The molecule has 0 amide bonds. The molecule has 0 fully saturated rings. The normalized spacial score (nSPS) is 9.70. The fourth-order valence-corrected chi connectivity index (χ4v) is 0.521. The number of aromatic nitrogens is 3. The lowest BCUT2D eigenvalue weighted by Gasteiger charge is -1.84. The van der Waals surface area contributed by atoms with Crippen molar-refractivity contribution in [1.82, 2.24) is 14.8 Å². The average Bonchev–Trinajstić information content (AvgIpc) is 2.34. The number of aryl methyl sites for hydroxylation is 1. The van der Waals surface area contributed by atoms with Crippen molar-refractivity contribution >= 4 is 5.95 Å². The topological polar surface area (TPSA) is 73.8 Å². The first-order chi connectivity index (χ1) is 4.74. The maximum Gasteiger partial charge on any atom is 0.490 e. The molecule has 0 aliphatic rings. The van der Waals surface area contributed by atoms with Gasteiger partial charge in [-0.15, -0.1) is 0 Å². The molecule has 6 nitrogen and oxygen atoms in total. The van der Waals surface area contributed by atoms with Gasteiger partial charge in [-0.1, -0.05) is 4.98 Å². The summed E-state index contributed by atoms with van der Waals surface area (Å²) in [6.45, 7) is 2.43. The smallest absolute Gasteiger partial charge is 0.390 e. The van der Waals surface area contributed by atoms with E-state index < -0.39 is 4.92 Å². The Kier molecular flexibility index (Phi) is 1.61. The quantitative estimate of drug-likeness (QED) is 0.437. The lowest BCUT2D eigenvalue weighted by molar-refractivity contribution is -0.394. The van der Waals surface area contributed by atoms with Crippen LogP contribution in [-0.2, 0) is 6.54 Å². The summed E-state index contributed by atoms with van der Waals surface area (Å²) in [6, 6.07) is 0. The second-order valence-electron chi connectivity index (χ2n) is 1.66. The first-order valence-electron chi connectivity index (χ1n) is 2.78. The Morgan fingerprint density at radius 1 is 1.90 bits per heavy atom. The highest BCUT2D eigenvalue weighted by Gasteiger charge is 2.10. The molecule has 0 bridgehead atoms. The molecule has 0 N–H and O–H groups in total. The summed E-state index contributed by atoms with van der Waals surface area (Å²) >= 11 is 0. The lowest BCUT2D eigenvalue weighted by atomic mass is 10.8. The van der Waals surface area contributed by atoms with Gasteiger partial charge in [0.2, 0.25) is 6.33 Å². The van der Waals surface area contributed by atoms with Crippen LogP contribution in [0.4, 0.5) is 5.95 Å². The molecule has 0 saturated carbocycles. The van der Waals surface area contributed by atoms with Gasteiger partial charge >= 0.3 is 5.95 Å². The SMILES string of the molecule is CCn1cnc([N+](=O)[O-])n1. The molecule has 6 heteroatoms. The van der Waals surface area contributed by atoms with E-state index in [1.165, 1.54) is 11.0 Å². The van der Waals surface area contributed by atoms with Crippen LogP contribution in [0.25, 0.3) is 0 Å². The lowest BCUT2D eigenvalue weighted by Crippen LogP contribution is -1.95. The molecular weight excluding hydrogens is 136 g/mol. The largest absolute Gasteiger partial charge is 0.490 e. The van der Waals surface area contributed by atoms with Gasteiger partial charge in [-0.2, -0.15) is 4.68 Å². The first-order valence-corrected chi connectivity index (χ1v) is 2.78. The monoisotopic (exact) mass is 142 g/mol. The molecule has 0 unspecified atom stereocenters.